The number of methoxy groups -OCH3 is 1. The lowest BCUT2D eigenvalue weighted by Gasteiger charge is -2.10. The van der Waals surface area contributed by atoms with Gasteiger partial charge in [-0.2, -0.15) is 0 Å². The minimum Gasteiger partial charge on any atom is -0.468 e. The summed E-state index contributed by atoms with van der Waals surface area (Å²) in [6.07, 6.45) is 4.98. The molecular weight excluding hydrogens is 274 g/mol. The minimum atomic E-state index is -0.590. The quantitative estimate of drug-likeness (QED) is 0.789. The molecule has 0 fully saturated rings. The lowest BCUT2D eigenvalue weighted by atomic mass is 10.2. The molecule has 0 spiro atoms. The van der Waals surface area contributed by atoms with Gasteiger partial charge in [-0.05, 0) is 19.1 Å². The normalized spacial score (nSPS) is 11.7. The topological polar surface area (TPSA) is 99.0 Å². The molecular formula is C13H15N5O3. The number of carbonyl (C=O) groups excluding carboxylic acids is 2. The van der Waals surface area contributed by atoms with Crippen molar-refractivity contribution in [1.29, 1.82) is 0 Å². The fourth-order valence-corrected chi connectivity index (χ4v) is 1.61. The summed E-state index contributed by atoms with van der Waals surface area (Å²) in [4.78, 5) is 26.9. The average Bonchev–Trinajstić information content (AvgIpc) is 3.02. The second-order valence-corrected chi connectivity index (χ2v) is 4.30. The van der Waals surface area contributed by atoms with Gasteiger partial charge in [0.05, 0.1) is 13.3 Å². The highest BCUT2D eigenvalue weighted by Gasteiger charge is 2.17. The lowest BCUT2D eigenvalue weighted by Crippen LogP contribution is -2.35. The van der Waals surface area contributed by atoms with Crippen LogP contribution in [0.5, 0.6) is 0 Å². The van der Waals surface area contributed by atoms with Gasteiger partial charge in [0, 0.05) is 18.0 Å². The Hall–Kier alpha value is -2.77. The van der Waals surface area contributed by atoms with Crippen LogP contribution in [0.15, 0.2) is 30.7 Å². The van der Waals surface area contributed by atoms with Gasteiger partial charge >= 0.3 is 5.97 Å². The van der Waals surface area contributed by atoms with Crippen LogP contribution in [0.3, 0.4) is 0 Å². The molecule has 0 saturated heterocycles. The first kappa shape index (κ1) is 14.6. The summed E-state index contributed by atoms with van der Waals surface area (Å²) in [5.41, 5.74) is 1.43. The molecule has 8 heteroatoms. The second kappa shape index (κ2) is 6.60. The van der Waals surface area contributed by atoms with E-state index in [1.165, 1.54) is 11.8 Å². The predicted octanol–water partition coefficient (Wildman–Crippen LogP) is 0.190. The molecule has 0 bridgehead atoms. The van der Waals surface area contributed by atoms with Crippen molar-refractivity contribution in [2.24, 2.45) is 0 Å². The van der Waals surface area contributed by atoms with E-state index in [9.17, 15) is 9.59 Å². The Morgan fingerprint density at radius 2 is 2.29 bits per heavy atom. The largest absolute Gasteiger partial charge is 0.468 e. The molecule has 0 aromatic carbocycles. The maximum atomic E-state index is 11.9. The highest BCUT2D eigenvalue weighted by molar-refractivity contribution is 5.84. The molecule has 0 saturated carbocycles. The van der Waals surface area contributed by atoms with E-state index in [0.717, 1.165) is 5.56 Å². The molecule has 0 aliphatic heterocycles. The monoisotopic (exact) mass is 289 g/mol. The van der Waals surface area contributed by atoms with E-state index in [1.54, 1.807) is 31.6 Å². The minimum absolute atomic E-state index is 0.177. The number of amides is 1. The molecule has 0 radical (unpaired) electrons. The van der Waals surface area contributed by atoms with Gasteiger partial charge in [0.15, 0.2) is 0 Å². The highest BCUT2D eigenvalue weighted by atomic mass is 16.5. The van der Waals surface area contributed by atoms with E-state index in [2.05, 4.69) is 25.3 Å². The van der Waals surface area contributed by atoms with Crippen molar-refractivity contribution in [3.63, 3.8) is 0 Å². The van der Waals surface area contributed by atoms with Crippen LogP contribution in [0.25, 0.3) is 11.3 Å². The molecule has 0 aliphatic rings. The average molecular weight is 289 g/mol. The van der Waals surface area contributed by atoms with Crippen LogP contribution in [0.4, 0.5) is 0 Å². The van der Waals surface area contributed by atoms with E-state index < -0.39 is 12.0 Å². The van der Waals surface area contributed by atoms with Crippen molar-refractivity contribution >= 4 is 11.9 Å². The number of esters is 1. The Kier molecular flexibility index (Phi) is 4.60. The summed E-state index contributed by atoms with van der Waals surface area (Å²) < 4.78 is 5.88. The number of rotatable bonds is 5. The van der Waals surface area contributed by atoms with Crippen LogP contribution >= 0.6 is 0 Å². The third-order valence-corrected chi connectivity index (χ3v) is 2.88. The molecule has 21 heavy (non-hydrogen) atoms. The molecule has 2 aromatic rings. The molecule has 1 atom stereocenters. The number of carbonyl (C=O) groups is 2. The first-order chi connectivity index (χ1) is 10.1. The van der Waals surface area contributed by atoms with Gasteiger partial charge < -0.3 is 10.1 Å². The first-order valence-electron chi connectivity index (χ1n) is 6.28. The summed E-state index contributed by atoms with van der Waals surface area (Å²) in [7, 11) is 1.26. The van der Waals surface area contributed by atoms with Gasteiger partial charge in [-0.1, -0.05) is 5.21 Å². The smallest absolute Gasteiger partial charge is 0.325 e. The maximum Gasteiger partial charge on any atom is 0.325 e. The molecule has 110 valence electrons. The fraction of sp³-hybridized carbons (Fsp3) is 0.308. The zero-order valence-corrected chi connectivity index (χ0v) is 11.7. The Morgan fingerprint density at radius 1 is 1.48 bits per heavy atom. The van der Waals surface area contributed by atoms with Crippen molar-refractivity contribution in [1.82, 2.24) is 25.3 Å². The SMILES string of the molecule is COC(=O)CNC(=O)C(C)n1cc(-c2cccnc2)nn1. The maximum absolute atomic E-state index is 11.9. The molecule has 2 rings (SSSR count). The lowest BCUT2D eigenvalue weighted by molar-refractivity contribution is -0.141. The summed E-state index contributed by atoms with van der Waals surface area (Å²) in [6.45, 7) is 1.48. The third kappa shape index (κ3) is 3.62. The second-order valence-electron chi connectivity index (χ2n) is 4.30. The van der Waals surface area contributed by atoms with E-state index in [-0.39, 0.29) is 12.5 Å². The molecule has 1 amide bonds. The van der Waals surface area contributed by atoms with Crippen molar-refractivity contribution in [3.8, 4) is 11.3 Å². The van der Waals surface area contributed by atoms with E-state index >= 15 is 0 Å². The molecule has 1 unspecified atom stereocenters. The summed E-state index contributed by atoms with van der Waals surface area (Å²) in [5, 5.41) is 10.4. The number of ether oxygens (including phenoxy) is 1. The van der Waals surface area contributed by atoms with Crippen molar-refractivity contribution in [2.75, 3.05) is 13.7 Å². The zero-order chi connectivity index (χ0) is 15.2. The highest BCUT2D eigenvalue weighted by Crippen LogP contribution is 2.15. The van der Waals surface area contributed by atoms with Gasteiger partial charge in [0.1, 0.15) is 18.3 Å². The van der Waals surface area contributed by atoms with Gasteiger partial charge in [-0.3, -0.25) is 14.6 Å². The van der Waals surface area contributed by atoms with Gasteiger partial charge in [0.25, 0.3) is 0 Å². The predicted molar refractivity (Wildman–Crippen MR) is 73.0 cm³/mol. The Labute approximate surface area is 121 Å². The third-order valence-electron chi connectivity index (χ3n) is 2.88. The van der Waals surface area contributed by atoms with Crippen LogP contribution in [-0.2, 0) is 14.3 Å². The molecule has 0 aliphatic carbocycles. The van der Waals surface area contributed by atoms with Crippen molar-refractivity contribution < 1.29 is 14.3 Å². The van der Waals surface area contributed by atoms with Crippen LogP contribution in [0.2, 0.25) is 0 Å². The summed E-state index contributed by atoms with van der Waals surface area (Å²) >= 11 is 0. The number of aromatic nitrogens is 4. The molecule has 2 aromatic heterocycles. The standard InChI is InChI=1S/C13H15N5O3/c1-9(13(20)15-7-12(19)21-2)18-8-11(16-17-18)10-4-3-5-14-6-10/h3-6,8-9H,7H2,1-2H3,(H,15,20). The summed E-state index contributed by atoms with van der Waals surface area (Å²) in [5.74, 6) is -0.853. The van der Waals surface area contributed by atoms with E-state index in [1.807, 2.05) is 6.07 Å². The van der Waals surface area contributed by atoms with Gasteiger partial charge in [0.2, 0.25) is 5.91 Å². The van der Waals surface area contributed by atoms with Crippen LogP contribution < -0.4 is 5.32 Å². The van der Waals surface area contributed by atoms with Crippen LogP contribution in [0, 0.1) is 0 Å². The van der Waals surface area contributed by atoms with Crippen molar-refractivity contribution in [2.45, 2.75) is 13.0 Å². The van der Waals surface area contributed by atoms with E-state index in [4.69, 9.17) is 0 Å². The van der Waals surface area contributed by atoms with Crippen LogP contribution in [0.1, 0.15) is 13.0 Å². The number of nitrogens with zero attached hydrogens (tertiary/aromatic N) is 4. The molecule has 1 N–H and O–H groups in total. The van der Waals surface area contributed by atoms with Crippen LogP contribution in [-0.4, -0.2) is 45.5 Å². The number of nitrogens with one attached hydrogen (secondary N) is 1. The van der Waals surface area contributed by atoms with Gasteiger partial charge in [-0.25, -0.2) is 4.68 Å². The van der Waals surface area contributed by atoms with Gasteiger partial charge in [-0.15, -0.1) is 5.10 Å². The Bertz CT molecular complexity index is 626. The Balaban J connectivity index is 2.03. The number of pyridine rings is 1. The van der Waals surface area contributed by atoms with Crippen molar-refractivity contribution in [3.05, 3.63) is 30.7 Å². The number of hydrogen-bond acceptors (Lipinski definition) is 6. The zero-order valence-electron chi connectivity index (χ0n) is 11.7. The Morgan fingerprint density at radius 3 is 2.95 bits per heavy atom. The fourth-order valence-electron chi connectivity index (χ4n) is 1.61. The summed E-state index contributed by atoms with van der Waals surface area (Å²) in [6, 6.07) is 3.05. The number of hydrogen-bond donors (Lipinski definition) is 1. The molecule has 8 nitrogen and oxygen atoms in total. The molecule has 2 heterocycles. The first-order valence-corrected chi connectivity index (χ1v) is 6.28. The van der Waals surface area contributed by atoms with E-state index in [0.29, 0.717) is 5.69 Å².